The first-order valence-electron chi connectivity index (χ1n) is 4.25. The van der Waals surface area contributed by atoms with E-state index in [2.05, 4.69) is 0 Å². The summed E-state index contributed by atoms with van der Waals surface area (Å²) in [5, 5.41) is 8.77. The summed E-state index contributed by atoms with van der Waals surface area (Å²) in [5.41, 5.74) is 6.69. The Kier molecular flexibility index (Phi) is 6.28. The zero-order chi connectivity index (χ0) is 9.68. The van der Waals surface area contributed by atoms with Gasteiger partial charge in [0.15, 0.2) is 0 Å². The largest absolute Gasteiger partial charge is 0.497 e. The highest BCUT2D eigenvalue weighted by Gasteiger charge is 2.02. The minimum absolute atomic E-state index is 0. The van der Waals surface area contributed by atoms with Gasteiger partial charge >= 0.3 is 0 Å². The smallest absolute Gasteiger partial charge is 0.119 e. The molecule has 1 aromatic carbocycles. The molecule has 0 aliphatic carbocycles. The lowest BCUT2D eigenvalue weighted by molar-refractivity contribution is 0.265. The highest BCUT2D eigenvalue weighted by atomic mass is 35.5. The number of hydrogen-bond acceptors (Lipinski definition) is 3. The van der Waals surface area contributed by atoms with Gasteiger partial charge in [-0.1, -0.05) is 12.1 Å². The topological polar surface area (TPSA) is 55.5 Å². The molecule has 1 unspecified atom stereocenters. The average Bonchev–Trinajstić information content (AvgIpc) is 2.18. The second kappa shape index (κ2) is 6.65. The Morgan fingerprint density at radius 3 is 2.79 bits per heavy atom. The molecule has 0 fully saturated rings. The monoisotopic (exact) mass is 217 g/mol. The molecule has 0 spiro atoms. The van der Waals surface area contributed by atoms with Crippen LogP contribution >= 0.6 is 12.4 Å². The Balaban J connectivity index is 0.00000169. The summed E-state index contributed by atoms with van der Waals surface area (Å²) in [5.74, 6) is 0.822. The van der Waals surface area contributed by atoms with Crippen molar-refractivity contribution in [3.8, 4) is 5.75 Å². The molecule has 3 N–H and O–H groups in total. The number of nitrogens with two attached hydrogens (primary N) is 1. The standard InChI is InChI=1S/C10H15NO2.ClH/c1-13-10-4-2-3-8(6-10)5-9(11)7-12;/h2-4,6,9,12H,5,7,11H2,1H3;1H. The Morgan fingerprint density at radius 1 is 1.50 bits per heavy atom. The van der Waals surface area contributed by atoms with Crippen molar-refractivity contribution in [1.82, 2.24) is 0 Å². The summed E-state index contributed by atoms with van der Waals surface area (Å²) in [4.78, 5) is 0. The highest BCUT2D eigenvalue weighted by molar-refractivity contribution is 5.85. The summed E-state index contributed by atoms with van der Waals surface area (Å²) in [6.07, 6.45) is 0.674. The summed E-state index contributed by atoms with van der Waals surface area (Å²) >= 11 is 0. The summed E-state index contributed by atoms with van der Waals surface area (Å²) in [6, 6.07) is 7.51. The molecule has 0 aliphatic rings. The van der Waals surface area contributed by atoms with E-state index in [1.165, 1.54) is 0 Å². The summed E-state index contributed by atoms with van der Waals surface area (Å²) < 4.78 is 5.07. The molecule has 0 aromatic heterocycles. The number of aliphatic hydroxyl groups is 1. The molecular weight excluding hydrogens is 202 g/mol. The van der Waals surface area contributed by atoms with Gasteiger partial charge in [-0.05, 0) is 24.1 Å². The maximum Gasteiger partial charge on any atom is 0.119 e. The predicted octanol–water partition coefficient (Wildman–Crippen LogP) is 0.979. The molecule has 0 amide bonds. The van der Waals surface area contributed by atoms with E-state index in [0.29, 0.717) is 6.42 Å². The maximum atomic E-state index is 8.77. The van der Waals surface area contributed by atoms with E-state index in [0.717, 1.165) is 11.3 Å². The molecule has 3 nitrogen and oxygen atoms in total. The molecule has 0 heterocycles. The van der Waals surface area contributed by atoms with Gasteiger partial charge < -0.3 is 15.6 Å². The van der Waals surface area contributed by atoms with E-state index in [1.54, 1.807) is 7.11 Å². The van der Waals surface area contributed by atoms with Crippen molar-refractivity contribution < 1.29 is 9.84 Å². The van der Waals surface area contributed by atoms with Crippen molar-refractivity contribution in [2.45, 2.75) is 12.5 Å². The Labute approximate surface area is 90.3 Å². The second-order valence-corrected chi connectivity index (χ2v) is 3.00. The molecule has 14 heavy (non-hydrogen) atoms. The van der Waals surface area contributed by atoms with Crippen LogP contribution in [0.15, 0.2) is 24.3 Å². The van der Waals surface area contributed by atoms with Crippen LogP contribution in [0.3, 0.4) is 0 Å². The average molecular weight is 218 g/mol. The summed E-state index contributed by atoms with van der Waals surface area (Å²) in [7, 11) is 1.63. The van der Waals surface area contributed by atoms with Crippen molar-refractivity contribution in [2.24, 2.45) is 5.73 Å². The molecule has 1 rings (SSSR count). The number of hydrogen-bond donors (Lipinski definition) is 2. The Morgan fingerprint density at radius 2 is 2.21 bits per heavy atom. The first kappa shape index (κ1) is 13.2. The van der Waals surface area contributed by atoms with Gasteiger partial charge in [-0.15, -0.1) is 12.4 Å². The van der Waals surface area contributed by atoms with Gasteiger partial charge in [0.1, 0.15) is 5.75 Å². The molecule has 1 atom stereocenters. The molecule has 0 saturated heterocycles. The number of methoxy groups -OCH3 is 1. The van der Waals surface area contributed by atoms with Crippen molar-refractivity contribution in [2.75, 3.05) is 13.7 Å². The van der Waals surface area contributed by atoms with E-state index in [9.17, 15) is 0 Å². The lowest BCUT2D eigenvalue weighted by Gasteiger charge is -2.08. The SMILES string of the molecule is COc1cccc(CC(N)CO)c1.Cl. The zero-order valence-corrected chi connectivity index (χ0v) is 8.96. The zero-order valence-electron chi connectivity index (χ0n) is 8.14. The van der Waals surface area contributed by atoms with Gasteiger partial charge in [0.2, 0.25) is 0 Å². The molecule has 4 heteroatoms. The second-order valence-electron chi connectivity index (χ2n) is 3.00. The molecule has 1 aromatic rings. The van der Waals surface area contributed by atoms with Crippen LogP contribution in [0.4, 0.5) is 0 Å². The minimum atomic E-state index is -0.188. The van der Waals surface area contributed by atoms with Crippen molar-refractivity contribution in [3.05, 3.63) is 29.8 Å². The number of ether oxygens (including phenoxy) is 1. The van der Waals surface area contributed by atoms with Crippen LogP contribution in [0.5, 0.6) is 5.75 Å². The quantitative estimate of drug-likeness (QED) is 0.791. The van der Waals surface area contributed by atoms with Gasteiger partial charge in [0.05, 0.1) is 13.7 Å². The molecule has 0 radical (unpaired) electrons. The van der Waals surface area contributed by atoms with Crippen LogP contribution in [-0.4, -0.2) is 24.9 Å². The van der Waals surface area contributed by atoms with Crippen LogP contribution in [0.25, 0.3) is 0 Å². The van der Waals surface area contributed by atoms with E-state index in [-0.39, 0.29) is 25.1 Å². The highest BCUT2D eigenvalue weighted by Crippen LogP contribution is 2.13. The number of halogens is 1. The van der Waals surface area contributed by atoms with E-state index < -0.39 is 0 Å². The van der Waals surface area contributed by atoms with E-state index in [4.69, 9.17) is 15.6 Å². The third kappa shape index (κ3) is 3.96. The van der Waals surface area contributed by atoms with Gasteiger partial charge in [0.25, 0.3) is 0 Å². The molecule has 80 valence electrons. The lowest BCUT2D eigenvalue weighted by atomic mass is 10.1. The fraction of sp³-hybridized carbons (Fsp3) is 0.400. The lowest BCUT2D eigenvalue weighted by Crippen LogP contribution is -2.26. The number of aliphatic hydroxyl groups excluding tert-OH is 1. The van der Waals surface area contributed by atoms with Gasteiger partial charge in [0, 0.05) is 6.04 Å². The molecule has 0 saturated carbocycles. The van der Waals surface area contributed by atoms with Crippen LogP contribution in [0, 0.1) is 0 Å². The van der Waals surface area contributed by atoms with E-state index >= 15 is 0 Å². The molecule has 0 aliphatic heterocycles. The third-order valence-electron chi connectivity index (χ3n) is 1.87. The fourth-order valence-electron chi connectivity index (χ4n) is 1.17. The van der Waals surface area contributed by atoms with Crippen LogP contribution in [0.2, 0.25) is 0 Å². The first-order chi connectivity index (χ1) is 6.26. The Bertz CT molecular complexity index is 268. The Hall–Kier alpha value is -0.770. The van der Waals surface area contributed by atoms with Crippen LogP contribution in [-0.2, 0) is 6.42 Å². The van der Waals surface area contributed by atoms with Crippen molar-refractivity contribution in [1.29, 1.82) is 0 Å². The van der Waals surface area contributed by atoms with Gasteiger partial charge in [-0.2, -0.15) is 0 Å². The maximum absolute atomic E-state index is 8.77. The normalized spacial score (nSPS) is 11.6. The third-order valence-corrected chi connectivity index (χ3v) is 1.87. The van der Waals surface area contributed by atoms with Crippen molar-refractivity contribution in [3.63, 3.8) is 0 Å². The van der Waals surface area contributed by atoms with Gasteiger partial charge in [-0.3, -0.25) is 0 Å². The van der Waals surface area contributed by atoms with Crippen LogP contribution < -0.4 is 10.5 Å². The van der Waals surface area contributed by atoms with E-state index in [1.807, 2.05) is 24.3 Å². The van der Waals surface area contributed by atoms with Crippen molar-refractivity contribution >= 4 is 12.4 Å². The number of rotatable bonds is 4. The summed E-state index contributed by atoms with van der Waals surface area (Å²) in [6.45, 7) is 0.0111. The first-order valence-corrected chi connectivity index (χ1v) is 4.25. The molecular formula is C10H16ClNO2. The van der Waals surface area contributed by atoms with Gasteiger partial charge in [-0.25, -0.2) is 0 Å². The molecule has 0 bridgehead atoms. The van der Waals surface area contributed by atoms with Crippen LogP contribution in [0.1, 0.15) is 5.56 Å². The number of benzene rings is 1. The predicted molar refractivity (Wildman–Crippen MR) is 59.0 cm³/mol. The minimum Gasteiger partial charge on any atom is -0.497 e. The fourth-order valence-corrected chi connectivity index (χ4v) is 1.17.